The van der Waals surface area contributed by atoms with Crippen molar-refractivity contribution < 1.29 is 19.0 Å². The summed E-state index contributed by atoms with van der Waals surface area (Å²) in [6, 6.07) is -0.466. The summed E-state index contributed by atoms with van der Waals surface area (Å²) in [4.78, 5) is 28.2. The third-order valence-electron chi connectivity index (χ3n) is 3.84. The molecule has 21 heavy (non-hydrogen) atoms. The molecule has 1 aromatic heterocycles. The highest BCUT2D eigenvalue weighted by Gasteiger charge is 2.38. The van der Waals surface area contributed by atoms with Crippen molar-refractivity contribution in [3.05, 3.63) is 5.69 Å². The molecule has 0 aromatic carbocycles. The van der Waals surface area contributed by atoms with Gasteiger partial charge in [-0.1, -0.05) is 0 Å². The minimum atomic E-state index is -0.466. The minimum absolute atomic E-state index is 0.0309. The van der Waals surface area contributed by atoms with Crippen LogP contribution >= 0.6 is 0 Å². The fourth-order valence-electron chi connectivity index (χ4n) is 2.74. The number of hydrogen-bond donors (Lipinski definition) is 1. The molecule has 9 nitrogen and oxygen atoms in total. The number of carbonyl (C=O) groups excluding carboxylic acids is 2. The number of ether oxygens (including phenoxy) is 1. The Morgan fingerprint density at radius 2 is 1.95 bits per heavy atom. The van der Waals surface area contributed by atoms with Gasteiger partial charge in [0.15, 0.2) is 0 Å². The first-order valence-electron chi connectivity index (χ1n) is 6.94. The number of nitrogen functional groups attached to an aromatic ring is 1. The number of amides is 2. The lowest BCUT2D eigenvalue weighted by atomic mass is 10.1. The van der Waals surface area contributed by atoms with Crippen LogP contribution in [0.25, 0.3) is 0 Å². The molecule has 0 saturated carbocycles. The molecule has 2 N–H and O–H groups in total. The molecule has 0 radical (unpaired) electrons. The smallest absolute Gasteiger partial charge is 0.280 e. The number of aromatic nitrogens is 2. The van der Waals surface area contributed by atoms with Crippen molar-refractivity contribution in [3.8, 4) is 0 Å². The van der Waals surface area contributed by atoms with E-state index in [4.69, 9.17) is 10.5 Å². The molecule has 2 aliphatic heterocycles. The Morgan fingerprint density at radius 1 is 1.19 bits per heavy atom. The molecule has 0 bridgehead atoms. The van der Waals surface area contributed by atoms with E-state index >= 15 is 0 Å². The number of nitrogens with two attached hydrogens (primary N) is 1. The molecule has 2 aliphatic rings. The van der Waals surface area contributed by atoms with Crippen molar-refractivity contribution in [1.82, 2.24) is 20.1 Å². The van der Waals surface area contributed by atoms with Crippen LogP contribution in [0.1, 0.15) is 23.3 Å². The zero-order valence-corrected chi connectivity index (χ0v) is 11.5. The Hall–Kier alpha value is -2.16. The predicted molar refractivity (Wildman–Crippen MR) is 70.2 cm³/mol. The van der Waals surface area contributed by atoms with Crippen molar-refractivity contribution in [2.45, 2.75) is 18.9 Å². The average molecular weight is 295 g/mol. The Balaban J connectivity index is 1.74. The van der Waals surface area contributed by atoms with Crippen molar-refractivity contribution in [3.63, 3.8) is 0 Å². The zero-order chi connectivity index (χ0) is 14.8. The zero-order valence-electron chi connectivity index (χ0n) is 11.5. The van der Waals surface area contributed by atoms with Crippen LogP contribution in [0.2, 0.25) is 0 Å². The van der Waals surface area contributed by atoms with Crippen LogP contribution in [-0.2, 0) is 9.53 Å². The van der Waals surface area contributed by atoms with E-state index in [0.29, 0.717) is 39.3 Å². The quantitative estimate of drug-likeness (QED) is 0.753. The van der Waals surface area contributed by atoms with Crippen LogP contribution in [0.4, 0.5) is 5.82 Å². The minimum Gasteiger partial charge on any atom is -0.379 e. The highest BCUT2D eigenvalue weighted by Crippen LogP contribution is 2.23. The molecule has 2 fully saturated rings. The number of anilines is 1. The summed E-state index contributed by atoms with van der Waals surface area (Å²) in [5, 5.41) is 6.92. The van der Waals surface area contributed by atoms with Crippen LogP contribution in [0.3, 0.4) is 0 Å². The topological polar surface area (TPSA) is 115 Å². The number of rotatable bonds is 2. The van der Waals surface area contributed by atoms with Gasteiger partial charge in [-0.2, -0.15) is 0 Å². The second-order valence-corrected chi connectivity index (χ2v) is 5.09. The Bertz CT molecular complexity index is 540. The van der Waals surface area contributed by atoms with E-state index in [1.165, 1.54) is 4.90 Å². The van der Waals surface area contributed by atoms with E-state index in [0.717, 1.165) is 6.42 Å². The molecule has 2 amide bonds. The Morgan fingerprint density at radius 3 is 2.62 bits per heavy atom. The summed E-state index contributed by atoms with van der Waals surface area (Å²) in [6.45, 7) is 2.70. The molecular weight excluding hydrogens is 278 g/mol. The van der Waals surface area contributed by atoms with E-state index in [1.807, 2.05) is 0 Å². The van der Waals surface area contributed by atoms with Gasteiger partial charge in [-0.15, -0.1) is 0 Å². The first-order chi connectivity index (χ1) is 10.2. The highest BCUT2D eigenvalue weighted by molar-refractivity contribution is 5.99. The van der Waals surface area contributed by atoms with Crippen LogP contribution in [-0.4, -0.2) is 70.8 Å². The fraction of sp³-hybridized carbons (Fsp3) is 0.667. The Kier molecular flexibility index (Phi) is 3.74. The summed E-state index contributed by atoms with van der Waals surface area (Å²) in [5.74, 6) is -0.499. The van der Waals surface area contributed by atoms with E-state index in [-0.39, 0.29) is 17.4 Å². The second-order valence-electron chi connectivity index (χ2n) is 5.09. The van der Waals surface area contributed by atoms with E-state index in [1.54, 1.807) is 4.90 Å². The van der Waals surface area contributed by atoms with E-state index in [9.17, 15) is 9.59 Å². The van der Waals surface area contributed by atoms with Crippen LogP contribution in [0.15, 0.2) is 4.63 Å². The Labute approximate surface area is 121 Å². The first-order valence-corrected chi connectivity index (χ1v) is 6.94. The second kappa shape index (κ2) is 5.68. The molecule has 1 unspecified atom stereocenters. The summed E-state index contributed by atoms with van der Waals surface area (Å²) in [5.41, 5.74) is 5.52. The normalized spacial score (nSPS) is 22.6. The molecule has 3 rings (SSSR count). The molecule has 3 heterocycles. The largest absolute Gasteiger partial charge is 0.379 e. The number of likely N-dealkylation sites (tertiary alicyclic amines) is 1. The highest BCUT2D eigenvalue weighted by atomic mass is 16.6. The summed E-state index contributed by atoms with van der Waals surface area (Å²) in [7, 11) is 0. The maximum Gasteiger partial charge on any atom is 0.280 e. The van der Waals surface area contributed by atoms with Crippen LogP contribution < -0.4 is 5.73 Å². The number of hydrogen-bond acceptors (Lipinski definition) is 7. The van der Waals surface area contributed by atoms with Gasteiger partial charge in [-0.05, 0) is 23.2 Å². The van der Waals surface area contributed by atoms with Crippen LogP contribution in [0.5, 0.6) is 0 Å². The molecule has 2 saturated heterocycles. The third-order valence-corrected chi connectivity index (χ3v) is 3.84. The van der Waals surface area contributed by atoms with Gasteiger partial charge in [0.2, 0.25) is 17.4 Å². The number of nitrogens with zero attached hydrogens (tertiary/aromatic N) is 4. The lowest BCUT2D eigenvalue weighted by molar-refractivity contribution is -0.139. The van der Waals surface area contributed by atoms with Gasteiger partial charge < -0.3 is 20.3 Å². The monoisotopic (exact) mass is 295 g/mol. The average Bonchev–Trinajstić information content (AvgIpc) is 3.15. The van der Waals surface area contributed by atoms with E-state index in [2.05, 4.69) is 14.9 Å². The third kappa shape index (κ3) is 2.56. The van der Waals surface area contributed by atoms with Crippen molar-refractivity contribution in [2.24, 2.45) is 0 Å². The van der Waals surface area contributed by atoms with Gasteiger partial charge in [0, 0.05) is 19.6 Å². The lowest BCUT2D eigenvalue weighted by Crippen LogP contribution is -2.51. The van der Waals surface area contributed by atoms with Crippen molar-refractivity contribution in [2.75, 3.05) is 38.6 Å². The molecule has 1 atom stereocenters. The summed E-state index contributed by atoms with van der Waals surface area (Å²) in [6.07, 6.45) is 1.42. The first kappa shape index (κ1) is 13.8. The number of morpholine rings is 1. The fourth-order valence-corrected chi connectivity index (χ4v) is 2.74. The maximum absolute atomic E-state index is 12.6. The van der Waals surface area contributed by atoms with Crippen molar-refractivity contribution >= 4 is 17.6 Å². The van der Waals surface area contributed by atoms with Gasteiger partial charge in [0.05, 0.1) is 13.2 Å². The van der Waals surface area contributed by atoms with Gasteiger partial charge in [0.25, 0.3) is 5.91 Å². The van der Waals surface area contributed by atoms with E-state index < -0.39 is 11.9 Å². The molecule has 0 spiro atoms. The lowest BCUT2D eigenvalue weighted by Gasteiger charge is -2.32. The molecule has 114 valence electrons. The van der Waals surface area contributed by atoms with Gasteiger partial charge in [0.1, 0.15) is 6.04 Å². The maximum atomic E-state index is 12.6. The van der Waals surface area contributed by atoms with Gasteiger partial charge in [-0.3, -0.25) is 9.59 Å². The molecular formula is C12H17N5O4. The van der Waals surface area contributed by atoms with Crippen molar-refractivity contribution in [1.29, 1.82) is 0 Å². The van der Waals surface area contributed by atoms with Gasteiger partial charge in [-0.25, -0.2) is 4.63 Å². The summed E-state index contributed by atoms with van der Waals surface area (Å²) < 4.78 is 9.69. The molecule has 9 heteroatoms. The summed E-state index contributed by atoms with van der Waals surface area (Å²) >= 11 is 0. The molecule has 0 aliphatic carbocycles. The molecule has 1 aromatic rings. The SMILES string of the molecule is Nc1nonc1C(=O)N1CCCC1C(=O)N1CCOCC1. The number of carbonyl (C=O) groups is 2. The van der Waals surface area contributed by atoms with Gasteiger partial charge >= 0.3 is 0 Å². The standard InChI is InChI=1S/C12H17N5O4/c13-10-9(14-21-15-10)12(19)17-3-1-2-8(17)11(18)16-4-6-20-7-5-16/h8H,1-7H2,(H2,13,15). The van der Waals surface area contributed by atoms with Crippen LogP contribution in [0, 0.1) is 0 Å². The predicted octanol–water partition coefficient (Wildman–Crippen LogP) is -0.885.